The average molecular weight is 664 g/mol. The number of nitrogens with one attached hydrogen (secondary N) is 1. The van der Waals surface area contributed by atoms with E-state index in [1.54, 1.807) is 6.08 Å². The summed E-state index contributed by atoms with van der Waals surface area (Å²) in [6.07, 6.45) is 44.7. The lowest BCUT2D eigenvalue weighted by Gasteiger charge is -2.21. The van der Waals surface area contributed by atoms with Gasteiger partial charge in [-0.2, -0.15) is 0 Å². The Bertz CT molecular complexity index is 694. The number of hydrogen-bond acceptors (Lipinski definition) is 4. The van der Waals surface area contributed by atoms with Gasteiger partial charge in [0, 0.05) is 0 Å². The molecule has 0 aliphatic heterocycles. The molecule has 4 N–H and O–H groups in total. The lowest BCUT2D eigenvalue weighted by atomic mass is 10.0. The topological polar surface area (TPSA) is 89.8 Å². The van der Waals surface area contributed by atoms with Crippen molar-refractivity contribution in [2.75, 3.05) is 6.61 Å². The van der Waals surface area contributed by atoms with Crippen LogP contribution in [0, 0.1) is 0 Å². The van der Waals surface area contributed by atoms with Crippen molar-refractivity contribution >= 4 is 5.91 Å². The van der Waals surface area contributed by atoms with Crippen molar-refractivity contribution in [2.45, 2.75) is 231 Å². The molecule has 0 radical (unpaired) electrons. The first-order valence-corrected chi connectivity index (χ1v) is 20.6. The van der Waals surface area contributed by atoms with E-state index in [0.29, 0.717) is 6.42 Å². The van der Waals surface area contributed by atoms with Gasteiger partial charge in [-0.1, -0.05) is 192 Å². The number of aliphatic hydroxyl groups excluding tert-OH is 3. The fraction of sp³-hybridized carbons (Fsp3) is 0.881. The molecular weight excluding hydrogens is 582 g/mol. The highest BCUT2D eigenvalue weighted by atomic mass is 16.3. The molecule has 0 aliphatic carbocycles. The molecule has 3 unspecified atom stereocenters. The smallest absolute Gasteiger partial charge is 0.222 e. The maximum absolute atomic E-state index is 12.3. The molecule has 1 amide bonds. The first-order valence-electron chi connectivity index (χ1n) is 20.6. The Morgan fingerprint density at radius 2 is 0.915 bits per heavy atom. The predicted molar refractivity (Wildman–Crippen MR) is 204 cm³/mol. The Balaban J connectivity index is 3.62. The molecule has 0 aromatic rings. The van der Waals surface area contributed by atoms with Gasteiger partial charge >= 0.3 is 0 Å². The molecule has 0 saturated heterocycles. The molecule has 0 saturated carbocycles. The molecule has 0 aliphatic rings. The molecule has 0 aromatic heterocycles. The van der Waals surface area contributed by atoms with Gasteiger partial charge in [0.15, 0.2) is 0 Å². The van der Waals surface area contributed by atoms with Crippen LogP contribution in [0.25, 0.3) is 0 Å². The Morgan fingerprint density at radius 3 is 1.36 bits per heavy atom. The second kappa shape index (κ2) is 37.6. The van der Waals surface area contributed by atoms with Crippen molar-refractivity contribution in [3.8, 4) is 0 Å². The minimum atomic E-state index is -0.929. The molecule has 278 valence electrons. The van der Waals surface area contributed by atoms with Crippen molar-refractivity contribution in [3.63, 3.8) is 0 Å². The molecule has 0 bridgehead atoms. The van der Waals surface area contributed by atoms with Crippen LogP contribution in [0.4, 0.5) is 0 Å². The highest BCUT2D eigenvalue weighted by Crippen LogP contribution is 2.16. The second-order valence-corrected chi connectivity index (χ2v) is 14.2. The van der Waals surface area contributed by atoms with Gasteiger partial charge in [-0.05, 0) is 38.5 Å². The fourth-order valence-corrected chi connectivity index (χ4v) is 6.26. The highest BCUT2D eigenvalue weighted by Gasteiger charge is 2.20. The van der Waals surface area contributed by atoms with Crippen LogP contribution in [0.3, 0.4) is 0 Å². The summed E-state index contributed by atoms with van der Waals surface area (Å²) in [7, 11) is 0. The van der Waals surface area contributed by atoms with E-state index in [1.807, 2.05) is 6.08 Å². The molecule has 0 aromatic carbocycles. The Kier molecular flexibility index (Phi) is 36.7. The van der Waals surface area contributed by atoms with Gasteiger partial charge in [0.05, 0.1) is 31.3 Å². The molecule has 0 heterocycles. The van der Waals surface area contributed by atoms with Crippen LogP contribution < -0.4 is 5.32 Å². The number of carbonyl (C=O) groups excluding carboxylic acids is 1. The summed E-state index contributed by atoms with van der Waals surface area (Å²) in [5.41, 5.74) is 0. The Hall–Kier alpha value is -1.17. The summed E-state index contributed by atoms with van der Waals surface area (Å²) in [6, 6.07) is -0.745. The van der Waals surface area contributed by atoms with E-state index < -0.39 is 18.2 Å². The van der Waals surface area contributed by atoms with Crippen LogP contribution in [0.5, 0.6) is 0 Å². The quantitative estimate of drug-likeness (QED) is 0.0393. The van der Waals surface area contributed by atoms with Crippen molar-refractivity contribution in [1.29, 1.82) is 0 Å². The van der Waals surface area contributed by atoms with E-state index in [0.717, 1.165) is 44.9 Å². The summed E-state index contributed by atoms with van der Waals surface area (Å²) >= 11 is 0. The molecule has 3 atom stereocenters. The van der Waals surface area contributed by atoms with Crippen molar-refractivity contribution in [1.82, 2.24) is 5.32 Å². The van der Waals surface area contributed by atoms with E-state index in [2.05, 4.69) is 31.3 Å². The Labute approximate surface area is 292 Å². The van der Waals surface area contributed by atoms with Crippen LogP contribution in [0.1, 0.15) is 213 Å². The number of amides is 1. The summed E-state index contributed by atoms with van der Waals surface area (Å²) in [5, 5.41) is 33.0. The van der Waals surface area contributed by atoms with Gasteiger partial charge in [-0.15, -0.1) is 0 Å². The van der Waals surface area contributed by atoms with Gasteiger partial charge < -0.3 is 20.6 Å². The van der Waals surface area contributed by atoms with Gasteiger partial charge in [-0.3, -0.25) is 4.79 Å². The van der Waals surface area contributed by atoms with Crippen molar-refractivity contribution in [2.24, 2.45) is 0 Å². The molecule has 0 fully saturated rings. The van der Waals surface area contributed by atoms with Crippen LogP contribution in [-0.2, 0) is 4.79 Å². The lowest BCUT2D eigenvalue weighted by Crippen LogP contribution is -2.45. The van der Waals surface area contributed by atoms with Gasteiger partial charge in [0.25, 0.3) is 0 Å². The molecule has 5 heteroatoms. The highest BCUT2D eigenvalue weighted by molar-refractivity contribution is 5.76. The van der Waals surface area contributed by atoms with E-state index in [9.17, 15) is 20.1 Å². The summed E-state index contributed by atoms with van der Waals surface area (Å²) in [6.45, 7) is 4.16. The lowest BCUT2D eigenvalue weighted by molar-refractivity contribution is -0.124. The fourth-order valence-electron chi connectivity index (χ4n) is 6.26. The van der Waals surface area contributed by atoms with Gasteiger partial charge in [-0.25, -0.2) is 0 Å². The molecule has 47 heavy (non-hydrogen) atoms. The van der Waals surface area contributed by atoms with Crippen LogP contribution in [0.15, 0.2) is 24.3 Å². The molecule has 0 rings (SSSR count). The molecular formula is C42H81NO4. The average Bonchev–Trinajstić information content (AvgIpc) is 3.06. The Morgan fingerprint density at radius 1 is 0.532 bits per heavy atom. The predicted octanol–water partition coefficient (Wildman–Crippen LogP) is 11.4. The largest absolute Gasteiger partial charge is 0.394 e. The number of unbranched alkanes of at least 4 members (excludes halogenated alkanes) is 26. The minimum absolute atomic E-state index is 0.00327. The van der Waals surface area contributed by atoms with E-state index in [1.165, 1.54) is 141 Å². The van der Waals surface area contributed by atoms with E-state index >= 15 is 0 Å². The minimum Gasteiger partial charge on any atom is -0.394 e. The van der Waals surface area contributed by atoms with Crippen molar-refractivity contribution in [3.05, 3.63) is 24.3 Å². The molecule has 0 spiro atoms. The van der Waals surface area contributed by atoms with E-state index in [4.69, 9.17) is 0 Å². The summed E-state index contributed by atoms with van der Waals surface area (Å²) < 4.78 is 0. The van der Waals surface area contributed by atoms with Gasteiger partial charge in [0.1, 0.15) is 0 Å². The standard InChI is InChI=1S/C42H81NO4/c1-3-5-7-9-11-13-14-15-16-17-18-19-20-21-22-23-24-25-26-28-30-32-34-36-41(46)40(38-44)43-42(47)37-39(45)35-33-31-29-27-12-10-8-6-4-2/h10,12,34,36,39-41,44-46H,3-9,11,13-33,35,37-38H2,1-2H3,(H,43,47)/b12-10-,36-34+. The first kappa shape index (κ1) is 45.8. The van der Waals surface area contributed by atoms with Crippen molar-refractivity contribution < 1.29 is 20.1 Å². The summed E-state index contributed by atoms with van der Waals surface area (Å²) in [5.74, 6) is -0.327. The molecule has 5 nitrogen and oxygen atoms in total. The maximum Gasteiger partial charge on any atom is 0.222 e. The number of hydrogen-bond donors (Lipinski definition) is 4. The van der Waals surface area contributed by atoms with Gasteiger partial charge in [0.2, 0.25) is 5.91 Å². The zero-order valence-corrected chi connectivity index (χ0v) is 31.4. The van der Waals surface area contributed by atoms with Crippen LogP contribution in [0.2, 0.25) is 0 Å². The first-order chi connectivity index (χ1) is 23.0. The zero-order valence-electron chi connectivity index (χ0n) is 31.4. The number of rotatable bonds is 37. The van der Waals surface area contributed by atoms with Crippen LogP contribution >= 0.6 is 0 Å². The van der Waals surface area contributed by atoms with E-state index in [-0.39, 0.29) is 18.9 Å². The summed E-state index contributed by atoms with van der Waals surface area (Å²) in [4.78, 5) is 12.3. The normalized spacial score (nSPS) is 13.9. The third-order valence-electron chi connectivity index (χ3n) is 9.48. The third-order valence-corrected chi connectivity index (χ3v) is 9.48. The number of aliphatic hydroxyl groups is 3. The van der Waals surface area contributed by atoms with Crippen LogP contribution in [-0.4, -0.2) is 46.1 Å². The SMILES string of the molecule is CCCC/C=C\CCCCCC(O)CC(=O)NC(CO)C(O)/C=C/CCCCCCCCCCCCCCCCCCCCCCC. The zero-order chi connectivity index (χ0) is 34.5. The maximum atomic E-state index is 12.3. The number of allylic oxidation sites excluding steroid dienone is 3. The monoisotopic (exact) mass is 664 g/mol. The second-order valence-electron chi connectivity index (χ2n) is 14.2. The third kappa shape index (κ3) is 34.5. The number of carbonyl (C=O) groups is 1.